The minimum absolute atomic E-state index is 0.0139. The molecule has 2 N–H and O–H groups in total. The van der Waals surface area contributed by atoms with Crippen LogP contribution in [0.15, 0.2) is 41.4 Å². The fraction of sp³-hybridized carbons (Fsp3) is 0.0667. The van der Waals surface area contributed by atoms with Gasteiger partial charge in [-0.25, -0.2) is 4.79 Å². The molecule has 0 aliphatic carbocycles. The summed E-state index contributed by atoms with van der Waals surface area (Å²) in [6.07, 6.45) is 1.56. The molecule has 4 nitrogen and oxygen atoms in total. The number of carbonyl (C=O) groups is 1. The van der Waals surface area contributed by atoms with E-state index >= 15 is 0 Å². The van der Waals surface area contributed by atoms with Gasteiger partial charge in [0.05, 0.1) is 5.56 Å². The number of carboxylic acids is 1. The van der Waals surface area contributed by atoms with E-state index in [-0.39, 0.29) is 11.3 Å². The van der Waals surface area contributed by atoms with Crippen LogP contribution in [0.3, 0.4) is 0 Å². The van der Waals surface area contributed by atoms with Crippen LogP contribution in [0.4, 0.5) is 5.69 Å². The summed E-state index contributed by atoms with van der Waals surface area (Å²) in [6, 6.07) is 9.49. The summed E-state index contributed by atoms with van der Waals surface area (Å²) in [5.74, 6) is -1.28. The first-order chi connectivity index (χ1) is 9.45. The van der Waals surface area contributed by atoms with Crippen LogP contribution < -0.4 is 0 Å². The highest BCUT2D eigenvalue weighted by Gasteiger charge is 2.06. The van der Waals surface area contributed by atoms with Gasteiger partial charge in [0.1, 0.15) is 11.4 Å². The molecule has 0 unspecified atom stereocenters. The monoisotopic (exact) mass is 289 g/mol. The Morgan fingerprint density at radius 1 is 1.25 bits per heavy atom. The minimum atomic E-state index is -1.10. The van der Waals surface area contributed by atoms with Crippen molar-refractivity contribution < 1.29 is 15.0 Å². The molecule has 0 saturated carbocycles. The van der Waals surface area contributed by atoms with Gasteiger partial charge in [-0.05, 0) is 48.4 Å². The van der Waals surface area contributed by atoms with E-state index in [2.05, 4.69) is 4.99 Å². The highest BCUT2D eigenvalue weighted by Crippen LogP contribution is 2.27. The van der Waals surface area contributed by atoms with Gasteiger partial charge < -0.3 is 10.2 Å². The van der Waals surface area contributed by atoms with Gasteiger partial charge in [-0.3, -0.25) is 4.99 Å². The Morgan fingerprint density at radius 3 is 2.60 bits per heavy atom. The van der Waals surface area contributed by atoms with Crippen LogP contribution in [0.1, 0.15) is 21.5 Å². The SMILES string of the molecule is Cc1cc(Cl)cc(/C=N/c2ccc(C(=O)O)cc2O)c1. The lowest BCUT2D eigenvalue weighted by atomic mass is 10.1. The number of benzene rings is 2. The van der Waals surface area contributed by atoms with E-state index in [9.17, 15) is 9.90 Å². The van der Waals surface area contributed by atoms with Gasteiger partial charge >= 0.3 is 5.97 Å². The molecule has 0 bridgehead atoms. The van der Waals surface area contributed by atoms with Crippen molar-refractivity contribution in [1.29, 1.82) is 0 Å². The maximum atomic E-state index is 10.8. The summed E-state index contributed by atoms with van der Waals surface area (Å²) in [5.41, 5.74) is 2.12. The Bertz CT molecular complexity index is 675. The highest BCUT2D eigenvalue weighted by atomic mass is 35.5. The number of phenolic OH excluding ortho intramolecular Hbond substituents is 1. The van der Waals surface area contributed by atoms with Crippen LogP contribution in [0.5, 0.6) is 5.75 Å². The van der Waals surface area contributed by atoms with Gasteiger partial charge in [0.15, 0.2) is 0 Å². The summed E-state index contributed by atoms with van der Waals surface area (Å²) in [4.78, 5) is 14.9. The molecule has 0 atom stereocenters. The molecule has 0 heterocycles. The lowest BCUT2D eigenvalue weighted by Crippen LogP contribution is -1.94. The predicted molar refractivity (Wildman–Crippen MR) is 78.5 cm³/mol. The second-order valence-electron chi connectivity index (χ2n) is 4.33. The molecule has 102 valence electrons. The summed E-state index contributed by atoms with van der Waals surface area (Å²) >= 11 is 5.94. The lowest BCUT2D eigenvalue weighted by molar-refractivity contribution is 0.0696. The van der Waals surface area contributed by atoms with E-state index in [0.717, 1.165) is 17.2 Å². The van der Waals surface area contributed by atoms with Crippen LogP contribution in [0, 0.1) is 6.92 Å². The average Bonchev–Trinajstić information content (AvgIpc) is 2.36. The Labute approximate surface area is 121 Å². The van der Waals surface area contributed by atoms with Crippen molar-refractivity contribution in [2.45, 2.75) is 6.92 Å². The molecule has 0 aromatic heterocycles. The average molecular weight is 290 g/mol. The number of aliphatic imine (C=N–C) groups is 1. The van der Waals surface area contributed by atoms with Gasteiger partial charge in [-0.1, -0.05) is 17.7 Å². The molecule has 5 heteroatoms. The number of aromatic hydroxyl groups is 1. The number of halogens is 1. The standard InChI is InChI=1S/C15H12ClNO3/c1-9-4-10(6-12(16)5-9)8-17-13-3-2-11(15(19)20)7-14(13)18/h2-8,18H,1H3,(H,19,20)/b17-8+. The molecule has 2 rings (SSSR count). The quantitative estimate of drug-likeness (QED) is 0.844. The van der Waals surface area contributed by atoms with E-state index in [1.807, 2.05) is 19.1 Å². The molecule has 2 aromatic carbocycles. The Balaban J connectivity index is 2.29. The first kappa shape index (κ1) is 14.1. The van der Waals surface area contributed by atoms with Crippen LogP contribution in [-0.4, -0.2) is 22.4 Å². The number of carboxylic acid groups (broad SMARTS) is 1. The number of rotatable bonds is 3. The Hall–Kier alpha value is -2.33. The number of nitrogens with zero attached hydrogens (tertiary/aromatic N) is 1. The Kier molecular flexibility index (Phi) is 4.05. The first-order valence-corrected chi connectivity index (χ1v) is 6.21. The second-order valence-corrected chi connectivity index (χ2v) is 4.77. The van der Waals surface area contributed by atoms with Crippen LogP contribution >= 0.6 is 11.6 Å². The van der Waals surface area contributed by atoms with Crippen LogP contribution in [-0.2, 0) is 0 Å². The molecule has 0 fully saturated rings. The molecule has 2 aromatic rings. The zero-order valence-electron chi connectivity index (χ0n) is 10.7. The summed E-state index contributed by atoms with van der Waals surface area (Å²) in [7, 11) is 0. The zero-order chi connectivity index (χ0) is 14.7. The van der Waals surface area contributed by atoms with Gasteiger partial charge in [-0.15, -0.1) is 0 Å². The van der Waals surface area contributed by atoms with Gasteiger partial charge in [0.25, 0.3) is 0 Å². The first-order valence-electron chi connectivity index (χ1n) is 5.83. The summed E-state index contributed by atoms with van der Waals surface area (Å²) < 4.78 is 0. The van der Waals surface area contributed by atoms with E-state index in [4.69, 9.17) is 16.7 Å². The van der Waals surface area contributed by atoms with Crippen LogP contribution in [0.25, 0.3) is 0 Å². The molecular formula is C15H12ClNO3. The summed E-state index contributed by atoms with van der Waals surface area (Å²) in [5, 5.41) is 19.1. The van der Waals surface area contributed by atoms with Crippen molar-refractivity contribution in [3.8, 4) is 5.75 Å². The fourth-order valence-electron chi connectivity index (χ4n) is 1.75. The third-order valence-electron chi connectivity index (χ3n) is 2.64. The molecule has 0 spiro atoms. The third kappa shape index (κ3) is 3.36. The smallest absolute Gasteiger partial charge is 0.335 e. The maximum absolute atomic E-state index is 10.8. The molecule has 0 saturated heterocycles. The molecule has 0 aliphatic rings. The molecule has 0 aliphatic heterocycles. The molecular weight excluding hydrogens is 278 g/mol. The predicted octanol–water partition coefficient (Wildman–Crippen LogP) is 3.80. The summed E-state index contributed by atoms with van der Waals surface area (Å²) in [6.45, 7) is 1.92. The van der Waals surface area contributed by atoms with Crippen molar-refractivity contribution in [3.63, 3.8) is 0 Å². The number of phenols is 1. The zero-order valence-corrected chi connectivity index (χ0v) is 11.4. The van der Waals surface area contributed by atoms with Crippen molar-refractivity contribution >= 4 is 29.5 Å². The number of aryl methyl sites for hydroxylation is 1. The number of hydrogen-bond donors (Lipinski definition) is 2. The third-order valence-corrected chi connectivity index (χ3v) is 2.86. The molecule has 20 heavy (non-hydrogen) atoms. The van der Waals surface area contributed by atoms with Crippen molar-refractivity contribution in [2.75, 3.05) is 0 Å². The maximum Gasteiger partial charge on any atom is 0.335 e. The topological polar surface area (TPSA) is 69.9 Å². The van der Waals surface area contributed by atoms with Crippen LogP contribution in [0.2, 0.25) is 5.02 Å². The lowest BCUT2D eigenvalue weighted by Gasteiger charge is -2.01. The van der Waals surface area contributed by atoms with E-state index in [0.29, 0.717) is 10.7 Å². The van der Waals surface area contributed by atoms with E-state index < -0.39 is 5.97 Å². The van der Waals surface area contributed by atoms with Gasteiger partial charge in [0.2, 0.25) is 0 Å². The number of hydrogen-bond acceptors (Lipinski definition) is 3. The van der Waals surface area contributed by atoms with Crippen molar-refractivity contribution in [1.82, 2.24) is 0 Å². The largest absolute Gasteiger partial charge is 0.506 e. The van der Waals surface area contributed by atoms with E-state index in [1.54, 1.807) is 12.3 Å². The normalized spacial score (nSPS) is 10.9. The minimum Gasteiger partial charge on any atom is -0.506 e. The Morgan fingerprint density at radius 2 is 2.00 bits per heavy atom. The van der Waals surface area contributed by atoms with Gasteiger partial charge in [0, 0.05) is 11.2 Å². The highest BCUT2D eigenvalue weighted by molar-refractivity contribution is 6.30. The van der Waals surface area contributed by atoms with Gasteiger partial charge in [-0.2, -0.15) is 0 Å². The van der Waals surface area contributed by atoms with Crippen molar-refractivity contribution in [3.05, 3.63) is 58.1 Å². The second kappa shape index (κ2) is 5.75. The van der Waals surface area contributed by atoms with E-state index in [1.165, 1.54) is 12.1 Å². The molecule has 0 radical (unpaired) electrons. The van der Waals surface area contributed by atoms with Crippen molar-refractivity contribution in [2.24, 2.45) is 4.99 Å². The molecule has 0 amide bonds. The fourth-order valence-corrected chi connectivity index (χ4v) is 2.05. The number of aromatic carboxylic acids is 1.